The van der Waals surface area contributed by atoms with E-state index < -0.39 is 0 Å². The van der Waals surface area contributed by atoms with Crippen molar-refractivity contribution in [1.29, 1.82) is 0 Å². The fourth-order valence-corrected chi connectivity index (χ4v) is 2.28. The second-order valence-corrected chi connectivity index (χ2v) is 4.21. The van der Waals surface area contributed by atoms with E-state index in [2.05, 4.69) is 36.2 Å². The van der Waals surface area contributed by atoms with Crippen molar-refractivity contribution < 1.29 is 0 Å². The maximum Gasteiger partial charge on any atom is 0.0932 e. The summed E-state index contributed by atoms with van der Waals surface area (Å²) in [4.78, 5) is 0. The van der Waals surface area contributed by atoms with Gasteiger partial charge in [-0.2, -0.15) is 10.2 Å². The molecule has 0 saturated carbocycles. The lowest BCUT2D eigenvalue weighted by Gasteiger charge is -2.15. The third kappa shape index (κ3) is 2.06. The summed E-state index contributed by atoms with van der Waals surface area (Å²) in [5.41, 5.74) is 2.37. The predicted octanol–water partition coefficient (Wildman–Crippen LogP) is 3.92. The van der Waals surface area contributed by atoms with Gasteiger partial charge in [-0.25, -0.2) is 0 Å². The van der Waals surface area contributed by atoms with Crippen LogP contribution in [0.2, 0.25) is 0 Å². The molecule has 16 heavy (non-hydrogen) atoms. The molecule has 0 aliphatic carbocycles. The molecule has 1 aromatic carbocycles. The number of aromatic nitrogens is 2. The molecule has 0 spiro atoms. The molecule has 0 radical (unpaired) electrons. The Morgan fingerprint density at radius 2 is 2.00 bits per heavy atom. The summed E-state index contributed by atoms with van der Waals surface area (Å²) in [6.45, 7) is 4.48. The van der Waals surface area contributed by atoms with E-state index in [1.165, 1.54) is 30.2 Å². The largest absolute Gasteiger partial charge is 0.158 e. The Kier molecular flexibility index (Phi) is 3.50. The van der Waals surface area contributed by atoms with E-state index in [1.54, 1.807) is 0 Å². The van der Waals surface area contributed by atoms with Gasteiger partial charge in [0.25, 0.3) is 0 Å². The molecule has 1 atom stereocenters. The molecule has 1 unspecified atom stereocenters. The van der Waals surface area contributed by atoms with Crippen molar-refractivity contribution in [2.45, 2.75) is 39.0 Å². The number of benzene rings is 1. The maximum absolute atomic E-state index is 4.17. The molecule has 1 heterocycles. The van der Waals surface area contributed by atoms with E-state index in [9.17, 15) is 0 Å². The number of fused-ring (bicyclic) bond motifs is 1. The van der Waals surface area contributed by atoms with Gasteiger partial charge in [0.15, 0.2) is 0 Å². The number of nitrogens with zero attached hydrogens (tertiary/aromatic N) is 2. The summed E-state index contributed by atoms with van der Waals surface area (Å²) < 4.78 is 0. The average Bonchev–Trinajstić information content (AvgIpc) is 2.35. The summed E-state index contributed by atoms with van der Waals surface area (Å²) in [6.07, 6.45) is 5.55. The van der Waals surface area contributed by atoms with Crippen molar-refractivity contribution in [1.82, 2.24) is 10.2 Å². The highest BCUT2D eigenvalue weighted by Crippen LogP contribution is 2.29. The van der Waals surface area contributed by atoms with Crippen LogP contribution in [0.25, 0.3) is 10.9 Å². The van der Waals surface area contributed by atoms with Crippen LogP contribution in [0.5, 0.6) is 0 Å². The van der Waals surface area contributed by atoms with Crippen molar-refractivity contribution in [3.8, 4) is 0 Å². The topological polar surface area (TPSA) is 25.8 Å². The normalized spacial score (nSPS) is 12.9. The van der Waals surface area contributed by atoms with Gasteiger partial charge < -0.3 is 0 Å². The highest BCUT2D eigenvalue weighted by atomic mass is 15.1. The third-order valence-corrected chi connectivity index (χ3v) is 3.15. The summed E-state index contributed by atoms with van der Waals surface area (Å²) in [7, 11) is 0. The molecular formula is C14H18N2. The number of hydrogen-bond donors (Lipinski definition) is 0. The van der Waals surface area contributed by atoms with E-state index >= 15 is 0 Å². The average molecular weight is 214 g/mol. The molecule has 1 aromatic heterocycles. The quantitative estimate of drug-likeness (QED) is 0.770. The lowest BCUT2D eigenvalue weighted by molar-refractivity contribution is 0.597. The number of rotatable bonds is 4. The van der Waals surface area contributed by atoms with Crippen LogP contribution in [0, 0.1) is 0 Å². The standard InChI is InChI=1S/C14H18N2/c1-3-7-11(4-2)13-10-15-16-14-9-6-5-8-12(13)14/h5-6,8-11H,3-4,7H2,1-2H3. The van der Waals surface area contributed by atoms with Crippen molar-refractivity contribution in [2.75, 3.05) is 0 Å². The van der Waals surface area contributed by atoms with E-state index in [0.29, 0.717) is 5.92 Å². The molecule has 0 aliphatic heterocycles. The Balaban J connectivity index is 2.50. The predicted molar refractivity (Wildman–Crippen MR) is 67.5 cm³/mol. The van der Waals surface area contributed by atoms with Crippen molar-refractivity contribution >= 4 is 10.9 Å². The molecule has 84 valence electrons. The third-order valence-electron chi connectivity index (χ3n) is 3.15. The zero-order valence-electron chi connectivity index (χ0n) is 9.98. The smallest absolute Gasteiger partial charge is 0.0932 e. The minimum atomic E-state index is 0.616. The monoisotopic (exact) mass is 214 g/mol. The fraction of sp³-hybridized carbons (Fsp3) is 0.429. The Morgan fingerprint density at radius 1 is 1.19 bits per heavy atom. The first-order chi connectivity index (χ1) is 7.86. The van der Waals surface area contributed by atoms with E-state index in [-0.39, 0.29) is 0 Å². The minimum Gasteiger partial charge on any atom is -0.158 e. The summed E-state index contributed by atoms with van der Waals surface area (Å²) in [5, 5.41) is 9.54. The van der Waals surface area contributed by atoms with Crippen molar-refractivity contribution in [2.24, 2.45) is 0 Å². The molecule has 0 N–H and O–H groups in total. The van der Waals surface area contributed by atoms with Gasteiger partial charge in [-0.3, -0.25) is 0 Å². The Morgan fingerprint density at radius 3 is 2.75 bits per heavy atom. The van der Waals surface area contributed by atoms with Crippen LogP contribution in [-0.4, -0.2) is 10.2 Å². The molecule has 2 rings (SSSR count). The molecule has 0 saturated heterocycles. The van der Waals surface area contributed by atoms with Crippen LogP contribution in [0.1, 0.15) is 44.6 Å². The SMILES string of the molecule is CCCC(CC)c1cnnc2ccccc12. The Hall–Kier alpha value is -1.44. The van der Waals surface area contributed by atoms with Gasteiger partial charge in [-0.1, -0.05) is 38.5 Å². The second kappa shape index (κ2) is 5.06. The zero-order chi connectivity index (χ0) is 11.4. The van der Waals surface area contributed by atoms with Crippen LogP contribution in [0.4, 0.5) is 0 Å². The molecule has 0 bridgehead atoms. The van der Waals surface area contributed by atoms with Gasteiger partial charge >= 0.3 is 0 Å². The summed E-state index contributed by atoms with van der Waals surface area (Å²) >= 11 is 0. The molecule has 2 aromatic rings. The number of hydrogen-bond acceptors (Lipinski definition) is 2. The van der Waals surface area contributed by atoms with Crippen molar-refractivity contribution in [3.05, 3.63) is 36.0 Å². The highest BCUT2D eigenvalue weighted by molar-refractivity contribution is 5.81. The first-order valence-electron chi connectivity index (χ1n) is 6.07. The Labute approximate surface area is 96.7 Å². The van der Waals surface area contributed by atoms with Crippen molar-refractivity contribution in [3.63, 3.8) is 0 Å². The zero-order valence-corrected chi connectivity index (χ0v) is 9.98. The first-order valence-corrected chi connectivity index (χ1v) is 6.07. The first kappa shape index (κ1) is 11.1. The van der Waals surface area contributed by atoms with Crippen LogP contribution in [0.3, 0.4) is 0 Å². The van der Waals surface area contributed by atoms with E-state index in [1.807, 2.05) is 18.3 Å². The minimum absolute atomic E-state index is 0.616. The van der Waals surface area contributed by atoms with Crippen LogP contribution < -0.4 is 0 Å². The molecule has 0 fully saturated rings. The summed E-state index contributed by atoms with van der Waals surface area (Å²) in [6, 6.07) is 8.27. The second-order valence-electron chi connectivity index (χ2n) is 4.21. The van der Waals surface area contributed by atoms with Gasteiger partial charge in [-0.05, 0) is 30.4 Å². The fourth-order valence-electron chi connectivity index (χ4n) is 2.28. The molecule has 0 aliphatic rings. The van der Waals surface area contributed by atoms with Gasteiger partial charge in [0.2, 0.25) is 0 Å². The van der Waals surface area contributed by atoms with Crippen LogP contribution >= 0.6 is 0 Å². The van der Waals surface area contributed by atoms with Gasteiger partial charge in [-0.15, -0.1) is 0 Å². The molecule has 2 heteroatoms. The molecule has 0 amide bonds. The van der Waals surface area contributed by atoms with E-state index in [0.717, 1.165) is 5.52 Å². The highest BCUT2D eigenvalue weighted by Gasteiger charge is 2.12. The Bertz CT molecular complexity index is 460. The molecular weight excluding hydrogens is 196 g/mol. The van der Waals surface area contributed by atoms with Gasteiger partial charge in [0.1, 0.15) is 0 Å². The van der Waals surface area contributed by atoms with Crippen LogP contribution in [-0.2, 0) is 0 Å². The van der Waals surface area contributed by atoms with Gasteiger partial charge in [0.05, 0.1) is 11.7 Å². The maximum atomic E-state index is 4.17. The van der Waals surface area contributed by atoms with Crippen LogP contribution in [0.15, 0.2) is 30.5 Å². The lowest BCUT2D eigenvalue weighted by Crippen LogP contribution is -2.00. The lowest BCUT2D eigenvalue weighted by atomic mass is 9.91. The van der Waals surface area contributed by atoms with E-state index in [4.69, 9.17) is 0 Å². The van der Waals surface area contributed by atoms with Gasteiger partial charge in [0, 0.05) is 5.39 Å². The molecule has 2 nitrogen and oxygen atoms in total. The summed E-state index contributed by atoms with van der Waals surface area (Å²) in [5.74, 6) is 0.616.